The smallest absolute Gasteiger partial charge is 0.182 e. The van der Waals surface area contributed by atoms with Gasteiger partial charge >= 0.3 is 0 Å². The summed E-state index contributed by atoms with van der Waals surface area (Å²) in [4.78, 5) is 6.72. The SMILES string of the molecule is CCN1CCC(CNc2nccs2)C1. The van der Waals surface area contributed by atoms with E-state index < -0.39 is 0 Å². The van der Waals surface area contributed by atoms with Crippen LogP contribution in [0.2, 0.25) is 0 Å². The highest BCUT2D eigenvalue weighted by atomic mass is 32.1. The summed E-state index contributed by atoms with van der Waals surface area (Å²) >= 11 is 1.68. The van der Waals surface area contributed by atoms with Gasteiger partial charge < -0.3 is 10.2 Å². The molecule has 1 atom stereocenters. The monoisotopic (exact) mass is 211 g/mol. The predicted octanol–water partition coefficient (Wildman–Crippen LogP) is 1.90. The predicted molar refractivity (Wildman–Crippen MR) is 60.8 cm³/mol. The molecule has 0 aromatic carbocycles. The molecule has 2 rings (SSSR count). The molecule has 1 fully saturated rings. The fourth-order valence-electron chi connectivity index (χ4n) is 1.91. The Morgan fingerprint density at radius 3 is 3.29 bits per heavy atom. The van der Waals surface area contributed by atoms with Gasteiger partial charge in [-0.15, -0.1) is 11.3 Å². The molecule has 14 heavy (non-hydrogen) atoms. The minimum Gasteiger partial charge on any atom is -0.361 e. The zero-order chi connectivity index (χ0) is 9.80. The van der Waals surface area contributed by atoms with Crippen molar-refractivity contribution in [1.82, 2.24) is 9.88 Å². The Morgan fingerprint density at radius 2 is 2.64 bits per heavy atom. The summed E-state index contributed by atoms with van der Waals surface area (Å²) in [5.41, 5.74) is 0. The Bertz CT molecular complexity index is 260. The third kappa shape index (κ3) is 2.45. The van der Waals surface area contributed by atoms with E-state index in [4.69, 9.17) is 0 Å². The van der Waals surface area contributed by atoms with Crippen LogP contribution < -0.4 is 5.32 Å². The molecule has 1 saturated heterocycles. The van der Waals surface area contributed by atoms with E-state index in [1.165, 1.54) is 26.1 Å². The molecule has 2 heterocycles. The number of rotatable bonds is 4. The van der Waals surface area contributed by atoms with Gasteiger partial charge in [0, 0.05) is 24.7 Å². The fourth-order valence-corrected chi connectivity index (χ4v) is 2.45. The van der Waals surface area contributed by atoms with Crippen LogP contribution in [-0.4, -0.2) is 36.1 Å². The molecule has 78 valence electrons. The molecule has 0 spiro atoms. The maximum Gasteiger partial charge on any atom is 0.182 e. The number of aromatic nitrogens is 1. The van der Waals surface area contributed by atoms with Gasteiger partial charge in [0.05, 0.1) is 0 Å². The molecule has 0 amide bonds. The first kappa shape index (κ1) is 9.93. The third-order valence-corrected chi connectivity index (χ3v) is 3.52. The zero-order valence-corrected chi connectivity index (χ0v) is 9.39. The molecule has 1 aromatic rings. The first-order chi connectivity index (χ1) is 6.88. The molecule has 1 N–H and O–H groups in total. The van der Waals surface area contributed by atoms with E-state index in [2.05, 4.69) is 22.1 Å². The molecule has 1 aliphatic heterocycles. The molecule has 3 nitrogen and oxygen atoms in total. The highest BCUT2D eigenvalue weighted by Crippen LogP contribution is 2.17. The number of hydrogen-bond donors (Lipinski definition) is 1. The number of anilines is 1. The second-order valence-corrected chi connectivity index (χ2v) is 4.66. The van der Waals surface area contributed by atoms with Crippen LogP contribution in [0.1, 0.15) is 13.3 Å². The van der Waals surface area contributed by atoms with Crippen molar-refractivity contribution >= 4 is 16.5 Å². The lowest BCUT2D eigenvalue weighted by molar-refractivity contribution is 0.345. The second-order valence-electron chi connectivity index (χ2n) is 3.77. The first-order valence-electron chi connectivity index (χ1n) is 5.24. The quantitative estimate of drug-likeness (QED) is 0.824. The van der Waals surface area contributed by atoms with Crippen molar-refractivity contribution in [2.45, 2.75) is 13.3 Å². The van der Waals surface area contributed by atoms with E-state index in [-0.39, 0.29) is 0 Å². The van der Waals surface area contributed by atoms with E-state index in [9.17, 15) is 0 Å². The number of hydrogen-bond acceptors (Lipinski definition) is 4. The molecule has 4 heteroatoms. The number of nitrogens with zero attached hydrogens (tertiary/aromatic N) is 2. The van der Waals surface area contributed by atoms with Crippen LogP contribution in [0, 0.1) is 5.92 Å². The Balaban J connectivity index is 1.72. The van der Waals surface area contributed by atoms with Crippen molar-refractivity contribution in [3.05, 3.63) is 11.6 Å². The Hall–Kier alpha value is -0.610. The molecular formula is C10H17N3S. The lowest BCUT2D eigenvalue weighted by Gasteiger charge is -2.13. The van der Waals surface area contributed by atoms with Crippen molar-refractivity contribution in [3.63, 3.8) is 0 Å². The first-order valence-corrected chi connectivity index (χ1v) is 6.12. The fraction of sp³-hybridized carbons (Fsp3) is 0.700. The molecule has 1 aromatic heterocycles. The van der Waals surface area contributed by atoms with Crippen molar-refractivity contribution in [2.75, 3.05) is 31.5 Å². The van der Waals surface area contributed by atoms with Crippen LogP contribution in [0.25, 0.3) is 0 Å². The average molecular weight is 211 g/mol. The Labute approximate surface area is 89.1 Å². The highest BCUT2D eigenvalue weighted by Gasteiger charge is 2.20. The van der Waals surface area contributed by atoms with Crippen LogP contribution in [0.15, 0.2) is 11.6 Å². The zero-order valence-electron chi connectivity index (χ0n) is 8.57. The van der Waals surface area contributed by atoms with Gasteiger partial charge in [-0.05, 0) is 25.4 Å². The molecule has 0 aliphatic carbocycles. The van der Waals surface area contributed by atoms with Gasteiger partial charge in [0.1, 0.15) is 0 Å². The van der Waals surface area contributed by atoms with Crippen LogP contribution in [0.4, 0.5) is 5.13 Å². The van der Waals surface area contributed by atoms with Crippen LogP contribution in [-0.2, 0) is 0 Å². The summed E-state index contributed by atoms with van der Waals surface area (Å²) in [7, 11) is 0. The van der Waals surface area contributed by atoms with E-state index in [1.54, 1.807) is 11.3 Å². The minimum absolute atomic E-state index is 0.804. The van der Waals surface area contributed by atoms with E-state index in [1.807, 2.05) is 11.6 Å². The largest absolute Gasteiger partial charge is 0.361 e. The standard InChI is InChI=1S/C10H17N3S/c1-2-13-5-3-9(8-13)7-12-10-11-4-6-14-10/h4,6,9H,2-3,5,7-8H2,1H3,(H,11,12). The highest BCUT2D eigenvalue weighted by molar-refractivity contribution is 7.13. The summed E-state index contributed by atoms with van der Waals surface area (Å²) in [5.74, 6) is 0.804. The molecule has 0 bridgehead atoms. The van der Waals surface area contributed by atoms with Gasteiger partial charge in [-0.25, -0.2) is 4.98 Å². The van der Waals surface area contributed by atoms with Crippen LogP contribution >= 0.6 is 11.3 Å². The van der Waals surface area contributed by atoms with Crippen molar-refractivity contribution in [2.24, 2.45) is 5.92 Å². The van der Waals surface area contributed by atoms with Gasteiger partial charge in [0.15, 0.2) is 5.13 Å². The van der Waals surface area contributed by atoms with E-state index >= 15 is 0 Å². The molecular weight excluding hydrogens is 194 g/mol. The van der Waals surface area contributed by atoms with Gasteiger partial charge in [-0.2, -0.15) is 0 Å². The summed E-state index contributed by atoms with van der Waals surface area (Å²) in [5, 5.41) is 6.46. The van der Waals surface area contributed by atoms with E-state index in [0.717, 1.165) is 17.6 Å². The second kappa shape index (κ2) is 4.75. The van der Waals surface area contributed by atoms with Crippen molar-refractivity contribution < 1.29 is 0 Å². The summed E-state index contributed by atoms with van der Waals surface area (Å²) in [6.45, 7) is 7.00. The Kier molecular flexibility index (Phi) is 3.37. The van der Waals surface area contributed by atoms with Gasteiger partial charge in [-0.1, -0.05) is 6.92 Å². The maximum atomic E-state index is 4.21. The van der Waals surface area contributed by atoms with E-state index in [0.29, 0.717) is 0 Å². The summed E-state index contributed by atoms with van der Waals surface area (Å²) in [6, 6.07) is 0. The topological polar surface area (TPSA) is 28.2 Å². The number of thiazole rings is 1. The molecule has 0 saturated carbocycles. The lowest BCUT2D eigenvalue weighted by Crippen LogP contribution is -2.22. The Morgan fingerprint density at radius 1 is 1.71 bits per heavy atom. The number of nitrogens with one attached hydrogen (secondary N) is 1. The van der Waals surface area contributed by atoms with Crippen molar-refractivity contribution in [1.29, 1.82) is 0 Å². The van der Waals surface area contributed by atoms with Crippen LogP contribution in [0.5, 0.6) is 0 Å². The molecule has 0 radical (unpaired) electrons. The maximum absolute atomic E-state index is 4.21. The number of likely N-dealkylation sites (tertiary alicyclic amines) is 1. The van der Waals surface area contributed by atoms with Crippen LogP contribution in [0.3, 0.4) is 0 Å². The minimum atomic E-state index is 0.804. The van der Waals surface area contributed by atoms with Crippen molar-refractivity contribution in [3.8, 4) is 0 Å². The molecule has 1 aliphatic rings. The third-order valence-electron chi connectivity index (χ3n) is 2.79. The lowest BCUT2D eigenvalue weighted by atomic mass is 10.1. The van der Waals surface area contributed by atoms with Gasteiger partial charge in [0.25, 0.3) is 0 Å². The van der Waals surface area contributed by atoms with Gasteiger partial charge in [0.2, 0.25) is 0 Å². The normalized spacial score (nSPS) is 22.8. The summed E-state index contributed by atoms with van der Waals surface area (Å²) in [6.07, 6.45) is 3.17. The molecule has 1 unspecified atom stereocenters. The van der Waals surface area contributed by atoms with Gasteiger partial charge in [-0.3, -0.25) is 0 Å². The average Bonchev–Trinajstić information content (AvgIpc) is 2.86. The summed E-state index contributed by atoms with van der Waals surface area (Å²) < 4.78 is 0.